The molecule has 0 atom stereocenters. The third-order valence-corrected chi connectivity index (χ3v) is 5.29. The van der Waals surface area contributed by atoms with E-state index in [4.69, 9.17) is 9.84 Å². The van der Waals surface area contributed by atoms with Crippen LogP contribution in [-0.4, -0.2) is 50.5 Å². The molecule has 0 bridgehead atoms. The van der Waals surface area contributed by atoms with Crippen LogP contribution in [0.2, 0.25) is 0 Å². The normalized spacial score (nSPS) is 17.3. The summed E-state index contributed by atoms with van der Waals surface area (Å²) in [6, 6.07) is 6.72. The number of hydrogen-bond donors (Lipinski definition) is 1. The third-order valence-electron chi connectivity index (χ3n) is 3.54. The molecule has 1 heterocycles. The SMILES string of the molecule is CCS(=O)(=O)c1ccc(N2CC(C)(OCC(=O)O)C2)cc1. The Hall–Kier alpha value is -1.60. The number of benzene rings is 1. The molecular formula is C14H19NO5S. The minimum atomic E-state index is -3.18. The summed E-state index contributed by atoms with van der Waals surface area (Å²) in [7, 11) is -3.18. The molecule has 0 aromatic heterocycles. The highest BCUT2D eigenvalue weighted by Crippen LogP contribution is 2.30. The van der Waals surface area contributed by atoms with Crippen molar-refractivity contribution in [2.24, 2.45) is 0 Å². The van der Waals surface area contributed by atoms with Crippen LogP contribution < -0.4 is 4.90 Å². The van der Waals surface area contributed by atoms with E-state index in [0.717, 1.165) is 5.69 Å². The van der Waals surface area contributed by atoms with Crippen molar-refractivity contribution in [1.29, 1.82) is 0 Å². The maximum atomic E-state index is 11.7. The van der Waals surface area contributed by atoms with E-state index in [2.05, 4.69) is 0 Å². The van der Waals surface area contributed by atoms with Crippen molar-refractivity contribution in [2.45, 2.75) is 24.3 Å². The number of carbonyl (C=O) groups is 1. The number of hydrogen-bond acceptors (Lipinski definition) is 5. The van der Waals surface area contributed by atoms with Gasteiger partial charge in [-0.1, -0.05) is 6.92 Å². The zero-order valence-electron chi connectivity index (χ0n) is 12.1. The Morgan fingerprint density at radius 2 is 1.90 bits per heavy atom. The molecule has 1 fully saturated rings. The van der Waals surface area contributed by atoms with E-state index in [1.54, 1.807) is 31.2 Å². The van der Waals surface area contributed by atoms with Crippen molar-refractivity contribution in [3.63, 3.8) is 0 Å². The molecule has 1 N–H and O–H groups in total. The van der Waals surface area contributed by atoms with Gasteiger partial charge in [0.25, 0.3) is 0 Å². The summed E-state index contributed by atoms with van der Waals surface area (Å²) in [6.07, 6.45) is 0. The fraction of sp³-hybridized carbons (Fsp3) is 0.500. The van der Waals surface area contributed by atoms with Crippen molar-refractivity contribution in [3.8, 4) is 0 Å². The van der Waals surface area contributed by atoms with Gasteiger partial charge in [-0.25, -0.2) is 13.2 Å². The van der Waals surface area contributed by atoms with Crippen LogP contribution in [0.5, 0.6) is 0 Å². The Morgan fingerprint density at radius 1 is 1.33 bits per heavy atom. The Labute approximate surface area is 124 Å². The third kappa shape index (κ3) is 3.54. The maximum Gasteiger partial charge on any atom is 0.329 e. The van der Waals surface area contributed by atoms with E-state index in [1.807, 2.05) is 11.8 Å². The van der Waals surface area contributed by atoms with E-state index in [0.29, 0.717) is 18.0 Å². The van der Waals surface area contributed by atoms with Gasteiger partial charge in [-0.05, 0) is 31.2 Å². The molecule has 0 saturated carbocycles. The Balaban J connectivity index is 1.98. The fourth-order valence-corrected chi connectivity index (χ4v) is 3.19. The molecule has 6 nitrogen and oxygen atoms in total. The van der Waals surface area contributed by atoms with Crippen molar-refractivity contribution in [1.82, 2.24) is 0 Å². The number of anilines is 1. The average Bonchev–Trinajstić information content (AvgIpc) is 2.42. The molecule has 21 heavy (non-hydrogen) atoms. The molecular weight excluding hydrogens is 294 g/mol. The first-order chi connectivity index (χ1) is 9.76. The summed E-state index contributed by atoms with van der Waals surface area (Å²) in [5, 5.41) is 8.61. The van der Waals surface area contributed by atoms with Gasteiger partial charge in [0.15, 0.2) is 9.84 Å². The predicted octanol–water partition coefficient (Wildman–Crippen LogP) is 1.16. The number of ether oxygens (including phenoxy) is 1. The van der Waals surface area contributed by atoms with Crippen molar-refractivity contribution >= 4 is 21.5 Å². The molecule has 1 saturated heterocycles. The molecule has 0 aliphatic carbocycles. The molecule has 1 aliphatic heterocycles. The minimum Gasteiger partial charge on any atom is -0.480 e. The zero-order chi connectivity index (χ0) is 15.7. The highest BCUT2D eigenvalue weighted by Gasteiger charge is 2.40. The van der Waals surface area contributed by atoms with E-state index in [-0.39, 0.29) is 12.4 Å². The maximum absolute atomic E-state index is 11.7. The largest absolute Gasteiger partial charge is 0.480 e. The summed E-state index contributed by atoms with van der Waals surface area (Å²) in [6.45, 7) is 4.34. The second-order valence-electron chi connectivity index (χ2n) is 5.39. The van der Waals surface area contributed by atoms with Crippen LogP contribution in [0, 0.1) is 0 Å². The van der Waals surface area contributed by atoms with Gasteiger partial charge in [0.1, 0.15) is 12.2 Å². The monoisotopic (exact) mass is 313 g/mol. The van der Waals surface area contributed by atoms with Gasteiger partial charge in [0, 0.05) is 18.8 Å². The molecule has 0 unspecified atom stereocenters. The van der Waals surface area contributed by atoms with Crippen LogP contribution in [0.15, 0.2) is 29.2 Å². The van der Waals surface area contributed by atoms with Crippen LogP contribution in [0.4, 0.5) is 5.69 Å². The van der Waals surface area contributed by atoms with Gasteiger partial charge in [-0.2, -0.15) is 0 Å². The summed E-state index contributed by atoms with van der Waals surface area (Å²) in [4.78, 5) is 12.8. The van der Waals surface area contributed by atoms with Crippen LogP contribution in [0.25, 0.3) is 0 Å². The number of sulfone groups is 1. The topological polar surface area (TPSA) is 83.9 Å². The lowest BCUT2D eigenvalue weighted by molar-refractivity contribution is -0.150. The predicted molar refractivity (Wildman–Crippen MR) is 78.4 cm³/mol. The Bertz CT molecular complexity index is 617. The first-order valence-electron chi connectivity index (χ1n) is 6.69. The summed E-state index contributed by atoms with van der Waals surface area (Å²) < 4.78 is 28.8. The molecule has 0 spiro atoms. The standard InChI is InChI=1S/C14H19NO5S/c1-3-21(18,19)12-6-4-11(5-7-12)15-9-14(2,10-15)20-8-13(16)17/h4-7H,3,8-10H2,1-2H3,(H,16,17). The molecule has 1 aromatic rings. The first-order valence-corrected chi connectivity index (χ1v) is 8.34. The molecule has 1 aromatic carbocycles. The van der Waals surface area contributed by atoms with Gasteiger partial charge in [-0.15, -0.1) is 0 Å². The summed E-state index contributed by atoms with van der Waals surface area (Å²) >= 11 is 0. The quantitative estimate of drug-likeness (QED) is 0.848. The number of rotatable bonds is 6. The van der Waals surface area contributed by atoms with Crippen LogP contribution in [0.1, 0.15) is 13.8 Å². The smallest absolute Gasteiger partial charge is 0.329 e. The highest BCUT2D eigenvalue weighted by atomic mass is 32.2. The second kappa shape index (κ2) is 5.65. The molecule has 1 aliphatic rings. The Kier molecular flexibility index (Phi) is 4.25. The molecule has 7 heteroatoms. The fourth-order valence-electron chi connectivity index (χ4n) is 2.30. The van der Waals surface area contributed by atoms with Gasteiger partial charge in [0.05, 0.1) is 10.6 Å². The zero-order valence-corrected chi connectivity index (χ0v) is 12.9. The molecule has 0 amide bonds. The number of nitrogens with zero attached hydrogens (tertiary/aromatic N) is 1. The van der Waals surface area contributed by atoms with Gasteiger partial charge < -0.3 is 14.7 Å². The lowest BCUT2D eigenvalue weighted by atomic mass is 9.95. The van der Waals surface area contributed by atoms with Gasteiger partial charge in [-0.3, -0.25) is 0 Å². The lowest BCUT2D eigenvalue weighted by Gasteiger charge is -2.48. The van der Waals surface area contributed by atoms with E-state index < -0.39 is 21.4 Å². The van der Waals surface area contributed by atoms with Crippen LogP contribution in [0.3, 0.4) is 0 Å². The molecule has 0 radical (unpaired) electrons. The lowest BCUT2D eigenvalue weighted by Crippen LogP contribution is -2.62. The number of carboxylic acid groups (broad SMARTS) is 1. The summed E-state index contributed by atoms with van der Waals surface area (Å²) in [5.74, 6) is -0.902. The number of carboxylic acids is 1. The minimum absolute atomic E-state index is 0.0805. The van der Waals surface area contributed by atoms with Gasteiger partial charge in [0.2, 0.25) is 0 Å². The van der Waals surface area contributed by atoms with E-state index in [1.165, 1.54) is 0 Å². The van der Waals surface area contributed by atoms with Crippen molar-refractivity contribution in [2.75, 3.05) is 30.3 Å². The van der Waals surface area contributed by atoms with Crippen molar-refractivity contribution in [3.05, 3.63) is 24.3 Å². The molecule has 116 valence electrons. The van der Waals surface area contributed by atoms with Crippen molar-refractivity contribution < 1.29 is 23.1 Å². The first kappa shape index (κ1) is 15.8. The number of aliphatic carboxylic acids is 1. The van der Waals surface area contributed by atoms with E-state index in [9.17, 15) is 13.2 Å². The Morgan fingerprint density at radius 3 is 2.38 bits per heavy atom. The highest BCUT2D eigenvalue weighted by molar-refractivity contribution is 7.91. The van der Waals surface area contributed by atoms with Crippen LogP contribution in [-0.2, 0) is 19.4 Å². The van der Waals surface area contributed by atoms with E-state index >= 15 is 0 Å². The second-order valence-corrected chi connectivity index (χ2v) is 7.66. The summed E-state index contributed by atoms with van der Waals surface area (Å²) in [5.41, 5.74) is 0.438. The van der Waals surface area contributed by atoms with Crippen LogP contribution >= 0.6 is 0 Å². The molecule has 2 rings (SSSR count). The van der Waals surface area contributed by atoms with Gasteiger partial charge >= 0.3 is 5.97 Å². The average molecular weight is 313 g/mol.